The van der Waals surface area contributed by atoms with E-state index in [1.54, 1.807) is 32.3 Å². The second kappa shape index (κ2) is 8.97. The van der Waals surface area contributed by atoms with Crippen molar-refractivity contribution in [3.8, 4) is 17.9 Å². The number of anilines is 1. The largest absolute Gasteiger partial charge is 0.356 e. The summed E-state index contributed by atoms with van der Waals surface area (Å²) in [5.41, 5.74) is 7.95. The molecule has 0 radical (unpaired) electrons. The predicted molar refractivity (Wildman–Crippen MR) is 127 cm³/mol. The lowest BCUT2D eigenvalue weighted by molar-refractivity contribution is 0.498. The zero-order valence-electron chi connectivity index (χ0n) is 19.1. The Morgan fingerprint density at radius 2 is 2.06 bits per heavy atom. The lowest BCUT2D eigenvalue weighted by atomic mass is 10.1. The summed E-state index contributed by atoms with van der Waals surface area (Å²) in [5, 5.41) is 9.41. The molecule has 0 unspecified atom stereocenters. The van der Waals surface area contributed by atoms with Crippen LogP contribution in [0.3, 0.4) is 0 Å². The fourth-order valence-corrected chi connectivity index (χ4v) is 4.72. The number of nitrogens with zero attached hydrogens (tertiary/aromatic N) is 6. The summed E-state index contributed by atoms with van der Waals surface area (Å²) in [4.78, 5) is 33.4. The Hall–Kier alpha value is -3.82. The van der Waals surface area contributed by atoms with Crippen molar-refractivity contribution in [2.75, 3.05) is 18.0 Å². The maximum atomic E-state index is 13.7. The van der Waals surface area contributed by atoms with Gasteiger partial charge in [0.1, 0.15) is 17.4 Å². The fourth-order valence-electron chi connectivity index (χ4n) is 4.72. The first-order valence-electron chi connectivity index (χ1n) is 11.0. The highest BCUT2D eigenvalue weighted by molar-refractivity contribution is 5.86. The van der Waals surface area contributed by atoms with Gasteiger partial charge in [-0.25, -0.2) is 4.79 Å². The van der Waals surface area contributed by atoms with Crippen molar-refractivity contribution in [1.82, 2.24) is 18.7 Å². The Morgan fingerprint density at radius 1 is 1.27 bits per heavy atom. The van der Waals surface area contributed by atoms with E-state index in [0.29, 0.717) is 35.4 Å². The Labute approximate surface area is 191 Å². The van der Waals surface area contributed by atoms with Crippen LogP contribution in [-0.2, 0) is 20.1 Å². The van der Waals surface area contributed by atoms with Crippen LogP contribution >= 0.6 is 0 Å². The van der Waals surface area contributed by atoms with E-state index >= 15 is 0 Å². The summed E-state index contributed by atoms with van der Waals surface area (Å²) in [6.45, 7) is 5.43. The average molecular weight is 446 g/mol. The second-order valence-electron chi connectivity index (χ2n) is 8.35. The van der Waals surface area contributed by atoms with Crippen molar-refractivity contribution in [3.05, 3.63) is 56.0 Å². The van der Waals surface area contributed by atoms with Gasteiger partial charge < -0.3 is 15.2 Å². The number of piperidine rings is 1. The van der Waals surface area contributed by atoms with E-state index in [1.165, 1.54) is 4.57 Å². The first-order chi connectivity index (χ1) is 15.9. The van der Waals surface area contributed by atoms with E-state index in [1.807, 2.05) is 11.5 Å². The Morgan fingerprint density at radius 3 is 2.76 bits per heavy atom. The van der Waals surface area contributed by atoms with Gasteiger partial charge in [-0.2, -0.15) is 5.26 Å². The highest BCUT2D eigenvalue weighted by Crippen LogP contribution is 2.31. The second-order valence-corrected chi connectivity index (χ2v) is 8.35. The molecule has 9 heteroatoms. The minimum absolute atomic E-state index is 0.0518. The van der Waals surface area contributed by atoms with Crippen molar-refractivity contribution in [2.24, 2.45) is 12.8 Å². The molecule has 1 fully saturated rings. The summed E-state index contributed by atoms with van der Waals surface area (Å²) in [6, 6.07) is 5.40. The minimum atomic E-state index is -0.453. The number of hydrogen-bond acceptors (Lipinski definition) is 6. The molecule has 1 aliphatic rings. The first-order valence-corrected chi connectivity index (χ1v) is 11.0. The topological polar surface area (TPSA) is 115 Å². The number of hydrogen-bond donors (Lipinski definition) is 1. The highest BCUT2D eigenvalue weighted by atomic mass is 16.2. The number of fused-ring (bicyclic) bond motifs is 1. The smallest absolute Gasteiger partial charge is 0.331 e. The van der Waals surface area contributed by atoms with Crippen LogP contribution in [0.25, 0.3) is 11.0 Å². The highest BCUT2D eigenvalue weighted by Gasteiger charge is 2.28. The molecule has 3 aromatic rings. The zero-order valence-corrected chi connectivity index (χ0v) is 19.1. The monoisotopic (exact) mass is 445 g/mol. The van der Waals surface area contributed by atoms with Crippen LogP contribution in [0, 0.1) is 30.1 Å². The van der Waals surface area contributed by atoms with Gasteiger partial charge in [0.15, 0.2) is 0 Å². The molecule has 9 nitrogen and oxygen atoms in total. The van der Waals surface area contributed by atoms with Gasteiger partial charge in [0.25, 0.3) is 5.56 Å². The molecular formula is C24H27N7O2. The third-order valence-corrected chi connectivity index (χ3v) is 6.23. The van der Waals surface area contributed by atoms with Gasteiger partial charge in [-0.05, 0) is 38.8 Å². The van der Waals surface area contributed by atoms with Crippen LogP contribution in [0.5, 0.6) is 0 Å². The molecule has 3 aromatic heterocycles. The van der Waals surface area contributed by atoms with E-state index in [2.05, 4.69) is 27.8 Å². The van der Waals surface area contributed by atoms with Gasteiger partial charge in [0.05, 0.1) is 29.9 Å². The molecule has 1 aliphatic heterocycles. The summed E-state index contributed by atoms with van der Waals surface area (Å²) < 4.78 is 4.55. The molecular weight excluding hydrogens is 418 g/mol. The average Bonchev–Trinajstić information content (AvgIpc) is 3.11. The Bertz CT molecular complexity index is 1440. The first kappa shape index (κ1) is 22.4. The molecule has 0 bridgehead atoms. The van der Waals surface area contributed by atoms with Crippen LogP contribution in [0.15, 0.2) is 27.9 Å². The summed E-state index contributed by atoms with van der Waals surface area (Å²) in [5.74, 6) is 6.86. The molecule has 0 spiro atoms. The molecule has 2 N–H and O–H groups in total. The summed E-state index contributed by atoms with van der Waals surface area (Å²) >= 11 is 0. The lowest BCUT2D eigenvalue weighted by Crippen LogP contribution is -2.44. The molecule has 0 amide bonds. The SMILES string of the molecule is CC#CCn1c(N2CCC[C@@H](N)C2)c(C)c2c1c(=O)n(Cc1ncccc1C#N)c(=O)n2C. The number of aromatic nitrogens is 4. The standard InChI is InChI=1S/C24H27N7O2/c1-4-5-12-30-21-20(16(2)22(30)29-11-7-9-18(26)14-29)28(3)24(33)31(23(21)32)15-19-17(13-25)8-6-10-27-19/h6,8,10,18H,7,9,11-12,14-15,26H2,1-3H3/t18-/m1/s1. The molecule has 170 valence electrons. The van der Waals surface area contributed by atoms with Gasteiger partial charge in [-0.1, -0.05) is 5.92 Å². The maximum Gasteiger partial charge on any atom is 0.331 e. The number of nitrogens with two attached hydrogens (primary N) is 1. The van der Waals surface area contributed by atoms with Crippen LogP contribution in [0.4, 0.5) is 5.82 Å². The molecule has 1 atom stereocenters. The van der Waals surface area contributed by atoms with E-state index < -0.39 is 11.2 Å². The van der Waals surface area contributed by atoms with Crippen LogP contribution in [0.1, 0.15) is 36.6 Å². The van der Waals surface area contributed by atoms with Gasteiger partial charge in [-0.15, -0.1) is 5.92 Å². The Kier molecular flexibility index (Phi) is 6.08. The normalized spacial score (nSPS) is 15.8. The summed E-state index contributed by atoms with van der Waals surface area (Å²) in [6.07, 6.45) is 3.47. The summed E-state index contributed by atoms with van der Waals surface area (Å²) in [7, 11) is 1.67. The lowest BCUT2D eigenvalue weighted by Gasteiger charge is -2.33. The van der Waals surface area contributed by atoms with Crippen molar-refractivity contribution < 1.29 is 0 Å². The number of pyridine rings is 1. The van der Waals surface area contributed by atoms with Gasteiger partial charge >= 0.3 is 5.69 Å². The van der Waals surface area contributed by atoms with Crippen LogP contribution in [0.2, 0.25) is 0 Å². The maximum absolute atomic E-state index is 13.7. The van der Waals surface area contributed by atoms with Crippen LogP contribution < -0.4 is 21.9 Å². The number of rotatable bonds is 4. The molecule has 33 heavy (non-hydrogen) atoms. The fraction of sp³-hybridized carbons (Fsp3) is 0.417. The third-order valence-electron chi connectivity index (χ3n) is 6.23. The van der Waals surface area contributed by atoms with Crippen LogP contribution in [-0.4, -0.2) is 37.8 Å². The third kappa shape index (κ3) is 3.81. The van der Waals surface area contributed by atoms with Crippen molar-refractivity contribution in [2.45, 2.75) is 45.8 Å². The quantitative estimate of drug-likeness (QED) is 0.601. The van der Waals surface area contributed by atoms with Crippen molar-refractivity contribution in [3.63, 3.8) is 0 Å². The van der Waals surface area contributed by atoms with Gasteiger partial charge in [0.2, 0.25) is 0 Å². The molecule has 0 aromatic carbocycles. The molecule has 0 saturated carbocycles. The molecule has 4 heterocycles. The molecule has 4 rings (SSSR count). The van der Waals surface area contributed by atoms with E-state index in [9.17, 15) is 14.9 Å². The van der Waals surface area contributed by atoms with Crippen molar-refractivity contribution in [1.29, 1.82) is 5.26 Å². The minimum Gasteiger partial charge on any atom is -0.356 e. The van der Waals surface area contributed by atoms with E-state index in [-0.39, 0.29) is 12.6 Å². The van der Waals surface area contributed by atoms with Gasteiger partial charge in [-0.3, -0.25) is 18.9 Å². The number of nitriles is 1. The Balaban J connectivity index is 2.00. The molecule has 0 aliphatic carbocycles. The van der Waals surface area contributed by atoms with Crippen molar-refractivity contribution >= 4 is 16.9 Å². The number of aryl methyl sites for hydroxylation is 2. The van der Waals surface area contributed by atoms with Gasteiger partial charge in [0, 0.05) is 37.9 Å². The zero-order chi connectivity index (χ0) is 23.7. The molecule has 1 saturated heterocycles. The van der Waals surface area contributed by atoms with E-state index in [4.69, 9.17) is 5.73 Å². The van der Waals surface area contributed by atoms with E-state index in [0.717, 1.165) is 35.3 Å². The predicted octanol–water partition coefficient (Wildman–Crippen LogP) is 1.08.